The number of alkyl halides is 1. The summed E-state index contributed by atoms with van der Waals surface area (Å²) in [7, 11) is 0. The summed E-state index contributed by atoms with van der Waals surface area (Å²) in [6, 6.07) is 0. The van der Waals surface area contributed by atoms with Gasteiger partial charge in [-0.1, -0.05) is 20.8 Å². The first-order valence-corrected chi connectivity index (χ1v) is 5.50. The Morgan fingerprint density at radius 2 is 2.15 bits per heavy atom. The minimum Gasteiger partial charge on any atom is -0.301 e. The van der Waals surface area contributed by atoms with Gasteiger partial charge in [0.1, 0.15) is 6.17 Å². The molecule has 0 saturated carbocycles. The van der Waals surface area contributed by atoms with Gasteiger partial charge in [0.2, 0.25) is 0 Å². The Morgan fingerprint density at radius 1 is 1.46 bits per heavy atom. The Hall–Kier alpha value is -0.110. The Balaban J connectivity index is 2.35. The van der Waals surface area contributed by atoms with Crippen molar-refractivity contribution in [2.75, 3.05) is 19.6 Å². The highest BCUT2D eigenvalue weighted by molar-refractivity contribution is 4.80. The molecule has 1 unspecified atom stereocenters. The summed E-state index contributed by atoms with van der Waals surface area (Å²) in [4.78, 5) is 2.21. The zero-order valence-electron chi connectivity index (χ0n) is 9.09. The van der Waals surface area contributed by atoms with Crippen LogP contribution in [0.25, 0.3) is 0 Å². The van der Waals surface area contributed by atoms with Gasteiger partial charge < -0.3 is 4.90 Å². The van der Waals surface area contributed by atoms with Crippen LogP contribution in [0, 0.1) is 11.8 Å². The zero-order chi connectivity index (χ0) is 9.84. The number of hydrogen-bond acceptors (Lipinski definition) is 1. The van der Waals surface area contributed by atoms with E-state index >= 15 is 0 Å². The fraction of sp³-hybridized carbons (Fsp3) is 1.00. The molecule has 0 N–H and O–H groups in total. The Kier molecular flexibility index (Phi) is 4.17. The van der Waals surface area contributed by atoms with E-state index in [1.54, 1.807) is 0 Å². The molecular weight excluding hydrogens is 165 g/mol. The molecule has 1 aliphatic heterocycles. The van der Waals surface area contributed by atoms with Crippen LogP contribution in [0.1, 0.15) is 33.6 Å². The van der Waals surface area contributed by atoms with Crippen LogP contribution in [-0.2, 0) is 0 Å². The van der Waals surface area contributed by atoms with Crippen molar-refractivity contribution in [3.05, 3.63) is 0 Å². The molecule has 13 heavy (non-hydrogen) atoms. The van der Waals surface area contributed by atoms with E-state index in [1.807, 2.05) is 0 Å². The number of halogens is 1. The summed E-state index contributed by atoms with van der Waals surface area (Å²) < 4.78 is 13.6. The molecule has 1 rings (SSSR count). The summed E-state index contributed by atoms with van der Waals surface area (Å²) in [5.74, 6) is 0.958. The van der Waals surface area contributed by atoms with Crippen LogP contribution in [0.2, 0.25) is 0 Å². The average molecular weight is 187 g/mol. The van der Waals surface area contributed by atoms with E-state index in [4.69, 9.17) is 0 Å². The maximum Gasteiger partial charge on any atom is 0.116 e. The standard InChI is InChI=1S/C11H22FN/c1-4-13-6-5-10(7-9(2)3)11(12)8-13/h9-11H,4-8H2,1-3H3/t10?,11-/m1/s1. The molecule has 0 spiro atoms. The third-order valence-corrected chi connectivity index (χ3v) is 2.98. The monoisotopic (exact) mass is 187 g/mol. The number of likely N-dealkylation sites (tertiary alicyclic amines) is 1. The zero-order valence-corrected chi connectivity index (χ0v) is 9.09. The van der Waals surface area contributed by atoms with E-state index in [2.05, 4.69) is 25.7 Å². The van der Waals surface area contributed by atoms with Gasteiger partial charge in [-0.05, 0) is 37.8 Å². The minimum absolute atomic E-state index is 0.322. The first-order chi connectivity index (χ1) is 6.13. The van der Waals surface area contributed by atoms with Gasteiger partial charge >= 0.3 is 0 Å². The van der Waals surface area contributed by atoms with Crippen molar-refractivity contribution >= 4 is 0 Å². The molecule has 2 atom stereocenters. The van der Waals surface area contributed by atoms with Crippen molar-refractivity contribution in [3.8, 4) is 0 Å². The fourth-order valence-electron chi connectivity index (χ4n) is 2.17. The molecule has 0 aromatic carbocycles. The van der Waals surface area contributed by atoms with Gasteiger partial charge in [-0.25, -0.2) is 4.39 Å². The van der Waals surface area contributed by atoms with E-state index in [-0.39, 0.29) is 0 Å². The molecule has 0 aliphatic carbocycles. The minimum atomic E-state index is -0.587. The number of rotatable bonds is 3. The number of nitrogens with zero attached hydrogens (tertiary/aromatic N) is 1. The molecule has 1 aliphatic rings. The molecule has 78 valence electrons. The van der Waals surface area contributed by atoms with Gasteiger partial charge in [-0.3, -0.25) is 0 Å². The van der Waals surface area contributed by atoms with Crippen molar-refractivity contribution in [1.82, 2.24) is 4.90 Å². The molecule has 1 fully saturated rings. The van der Waals surface area contributed by atoms with Crippen LogP contribution in [-0.4, -0.2) is 30.7 Å². The summed E-state index contributed by atoms with van der Waals surface area (Å²) in [6.45, 7) is 9.21. The predicted molar refractivity (Wildman–Crippen MR) is 54.6 cm³/mol. The van der Waals surface area contributed by atoms with Crippen molar-refractivity contribution in [2.24, 2.45) is 11.8 Å². The van der Waals surface area contributed by atoms with Gasteiger partial charge in [-0.2, -0.15) is 0 Å². The van der Waals surface area contributed by atoms with Crippen molar-refractivity contribution in [1.29, 1.82) is 0 Å². The van der Waals surface area contributed by atoms with Crippen molar-refractivity contribution in [2.45, 2.75) is 39.8 Å². The quantitative estimate of drug-likeness (QED) is 0.656. The number of hydrogen-bond donors (Lipinski definition) is 0. The highest BCUT2D eigenvalue weighted by Crippen LogP contribution is 2.26. The number of piperidine rings is 1. The molecule has 1 saturated heterocycles. The van der Waals surface area contributed by atoms with Gasteiger partial charge in [0.15, 0.2) is 0 Å². The normalized spacial score (nSPS) is 31.2. The summed E-state index contributed by atoms with van der Waals surface area (Å²) in [5, 5.41) is 0. The van der Waals surface area contributed by atoms with Gasteiger partial charge in [0, 0.05) is 6.54 Å². The van der Waals surface area contributed by atoms with Gasteiger partial charge in [-0.15, -0.1) is 0 Å². The highest BCUT2D eigenvalue weighted by atomic mass is 19.1. The van der Waals surface area contributed by atoms with E-state index in [0.29, 0.717) is 18.4 Å². The van der Waals surface area contributed by atoms with Gasteiger partial charge in [0.05, 0.1) is 0 Å². The van der Waals surface area contributed by atoms with Crippen LogP contribution in [0.15, 0.2) is 0 Å². The molecule has 1 nitrogen and oxygen atoms in total. The molecule has 0 aromatic rings. The smallest absolute Gasteiger partial charge is 0.116 e. The maximum atomic E-state index is 13.6. The molecule has 0 aromatic heterocycles. The Bertz CT molecular complexity index is 147. The molecule has 1 heterocycles. The lowest BCUT2D eigenvalue weighted by molar-refractivity contribution is 0.0773. The lowest BCUT2D eigenvalue weighted by Gasteiger charge is -2.34. The fourth-order valence-corrected chi connectivity index (χ4v) is 2.17. The first-order valence-electron chi connectivity index (χ1n) is 5.50. The summed E-state index contributed by atoms with van der Waals surface area (Å²) in [6.07, 6.45) is 1.52. The van der Waals surface area contributed by atoms with Crippen LogP contribution in [0.5, 0.6) is 0 Å². The molecule has 0 bridgehead atoms. The average Bonchev–Trinajstić information content (AvgIpc) is 2.08. The molecule has 0 amide bonds. The summed E-state index contributed by atoms with van der Waals surface area (Å²) in [5.41, 5.74) is 0. The van der Waals surface area contributed by atoms with Crippen LogP contribution in [0.3, 0.4) is 0 Å². The first kappa shape index (κ1) is 11.0. The Labute approximate surface area is 81.3 Å². The summed E-state index contributed by atoms with van der Waals surface area (Å²) >= 11 is 0. The largest absolute Gasteiger partial charge is 0.301 e. The van der Waals surface area contributed by atoms with Crippen molar-refractivity contribution < 1.29 is 4.39 Å². The predicted octanol–water partition coefficient (Wildman–Crippen LogP) is 2.71. The van der Waals surface area contributed by atoms with E-state index < -0.39 is 6.17 Å². The molecular formula is C11H22FN. The molecule has 2 heteroatoms. The lowest BCUT2D eigenvalue weighted by atomic mass is 9.87. The third-order valence-electron chi connectivity index (χ3n) is 2.98. The SMILES string of the molecule is CCN1CCC(CC(C)C)[C@H](F)C1. The van der Waals surface area contributed by atoms with E-state index in [0.717, 1.165) is 25.9 Å². The lowest BCUT2D eigenvalue weighted by Crippen LogP contribution is -2.41. The second kappa shape index (κ2) is 4.94. The van der Waals surface area contributed by atoms with Crippen molar-refractivity contribution in [3.63, 3.8) is 0 Å². The van der Waals surface area contributed by atoms with Crippen LogP contribution < -0.4 is 0 Å². The second-order valence-electron chi connectivity index (χ2n) is 4.59. The van der Waals surface area contributed by atoms with E-state index in [1.165, 1.54) is 0 Å². The van der Waals surface area contributed by atoms with Crippen LogP contribution >= 0.6 is 0 Å². The topological polar surface area (TPSA) is 3.24 Å². The van der Waals surface area contributed by atoms with Gasteiger partial charge in [0.25, 0.3) is 0 Å². The van der Waals surface area contributed by atoms with E-state index in [9.17, 15) is 4.39 Å². The van der Waals surface area contributed by atoms with Crippen LogP contribution in [0.4, 0.5) is 4.39 Å². The highest BCUT2D eigenvalue weighted by Gasteiger charge is 2.28. The second-order valence-corrected chi connectivity index (χ2v) is 4.59. The molecule has 0 radical (unpaired) electrons. The maximum absolute atomic E-state index is 13.6. The Morgan fingerprint density at radius 3 is 2.62 bits per heavy atom. The third kappa shape index (κ3) is 3.26.